The lowest BCUT2D eigenvalue weighted by atomic mass is 10.1. The minimum Gasteiger partial charge on any atom is -0.350 e. The predicted octanol–water partition coefficient (Wildman–Crippen LogP) is 3.47. The lowest BCUT2D eigenvalue weighted by molar-refractivity contribution is -0.122. The largest absolute Gasteiger partial charge is 0.350 e. The first kappa shape index (κ1) is 21.7. The Kier molecular flexibility index (Phi) is 8.82. The summed E-state index contributed by atoms with van der Waals surface area (Å²) in [6.07, 6.45) is 1.33. The maximum atomic E-state index is 12.2. The number of hydrogen-bond donors (Lipinski definition) is 3. The van der Waals surface area contributed by atoms with Gasteiger partial charge < -0.3 is 16.4 Å². The molecule has 0 aliphatic carbocycles. The van der Waals surface area contributed by atoms with E-state index in [0.717, 1.165) is 28.8 Å². The van der Waals surface area contributed by atoms with Crippen molar-refractivity contribution in [3.8, 4) is 0 Å². The number of halogens is 1. The Hall–Kier alpha value is -2.37. The van der Waals surface area contributed by atoms with E-state index >= 15 is 0 Å². The Balaban J connectivity index is 0.00000338. The van der Waals surface area contributed by atoms with Crippen molar-refractivity contribution in [1.82, 2.24) is 5.32 Å². The molecule has 5 nitrogen and oxygen atoms in total. The van der Waals surface area contributed by atoms with Crippen LogP contribution in [-0.4, -0.2) is 11.8 Å². The molecule has 2 aromatic rings. The van der Waals surface area contributed by atoms with Crippen molar-refractivity contribution in [3.63, 3.8) is 0 Å². The van der Waals surface area contributed by atoms with Crippen LogP contribution in [0.4, 0.5) is 5.69 Å². The summed E-state index contributed by atoms with van der Waals surface area (Å²) in [5.74, 6) is -0.211. The summed E-state index contributed by atoms with van der Waals surface area (Å²) < 4.78 is 0. The van der Waals surface area contributed by atoms with Crippen LogP contribution in [-0.2, 0) is 16.1 Å². The molecule has 140 valence electrons. The molecule has 0 bridgehead atoms. The molecule has 0 heterocycles. The molecule has 6 heteroatoms. The normalized spacial score (nSPS) is 11.2. The topological polar surface area (TPSA) is 84.2 Å². The highest BCUT2D eigenvalue weighted by molar-refractivity contribution is 5.90. The highest BCUT2D eigenvalue weighted by atomic mass is 35.5. The van der Waals surface area contributed by atoms with Gasteiger partial charge in [-0.25, -0.2) is 0 Å². The zero-order valence-electron chi connectivity index (χ0n) is 15.1. The Morgan fingerprint density at radius 3 is 2.23 bits per heavy atom. The number of aryl methyl sites for hydroxylation is 1. The van der Waals surface area contributed by atoms with Gasteiger partial charge in [-0.3, -0.25) is 9.59 Å². The average molecular weight is 376 g/mol. The third kappa shape index (κ3) is 6.50. The van der Waals surface area contributed by atoms with Gasteiger partial charge in [0.2, 0.25) is 11.8 Å². The highest BCUT2D eigenvalue weighted by Gasteiger charge is 2.15. The molecule has 2 aromatic carbocycles. The van der Waals surface area contributed by atoms with Gasteiger partial charge in [0, 0.05) is 18.7 Å². The number of amides is 2. The van der Waals surface area contributed by atoms with Crippen molar-refractivity contribution in [2.75, 3.05) is 5.32 Å². The van der Waals surface area contributed by atoms with Gasteiger partial charge in [0.1, 0.15) is 6.04 Å². The second-order valence-corrected chi connectivity index (χ2v) is 6.10. The third-order valence-electron chi connectivity index (χ3n) is 3.90. The molecular formula is C20H26ClN3O2. The fourth-order valence-corrected chi connectivity index (χ4v) is 2.38. The van der Waals surface area contributed by atoms with Crippen molar-refractivity contribution in [1.29, 1.82) is 0 Å². The molecule has 4 N–H and O–H groups in total. The second-order valence-electron chi connectivity index (χ2n) is 6.10. The van der Waals surface area contributed by atoms with E-state index in [0.29, 0.717) is 13.0 Å². The summed E-state index contributed by atoms with van der Waals surface area (Å²) in [6, 6.07) is 14.3. The fraction of sp³-hybridized carbons (Fsp3) is 0.300. The molecule has 0 aliphatic heterocycles. The van der Waals surface area contributed by atoms with Gasteiger partial charge in [0.15, 0.2) is 0 Å². The summed E-state index contributed by atoms with van der Waals surface area (Å²) in [7, 11) is 0. The van der Waals surface area contributed by atoms with Gasteiger partial charge in [-0.05, 0) is 36.6 Å². The number of hydrogen-bond acceptors (Lipinski definition) is 3. The summed E-state index contributed by atoms with van der Waals surface area (Å²) in [6.45, 7) is 4.35. The van der Waals surface area contributed by atoms with E-state index in [9.17, 15) is 9.59 Å². The molecule has 0 radical (unpaired) electrons. The Labute approximate surface area is 160 Å². The maximum Gasteiger partial charge on any atom is 0.241 e. The maximum absolute atomic E-state index is 12.2. The first-order valence-corrected chi connectivity index (χ1v) is 8.48. The highest BCUT2D eigenvalue weighted by Crippen LogP contribution is 2.13. The van der Waals surface area contributed by atoms with Crippen molar-refractivity contribution in [3.05, 3.63) is 65.2 Å². The molecule has 0 aliphatic rings. The van der Waals surface area contributed by atoms with E-state index in [2.05, 4.69) is 10.6 Å². The van der Waals surface area contributed by atoms with E-state index in [1.54, 1.807) is 0 Å². The van der Waals surface area contributed by atoms with Gasteiger partial charge in [-0.1, -0.05) is 48.9 Å². The van der Waals surface area contributed by atoms with Crippen LogP contribution in [0, 0.1) is 6.92 Å². The minimum atomic E-state index is -0.687. The van der Waals surface area contributed by atoms with E-state index in [4.69, 9.17) is 5.73 Å². The van der Waals surface area contributed by atoms with Crippen LogP contribution in [0.2, 0.25) is 0 Å². The molecule has 0 aromatic heterocycles. The van der Waals surface area contributed by atoms with Crippen molar-refractivity contribution >= 4 is 29.9 Å². The summed E-state index contributed by atoms with van der Waals surface area (Å²) in [5.41, 5.74) is 9.61. The fourth-order valence-electron chi connectivity index (χ4n) is 2.38. The van der Waals surface area contributed by atoms with Crippen LogP contribution >= 0.6 is 12.4 Å². The van der Waals surface area contributed by atoms with Crippen LogP contribution in [0.25, 0.3) is 0 Å². The number of nitrogens with two attached hydrogens (primary N) is 1. The zero-order chi connectivity index (χ0) is 18.2. The quantitative estimate of drug-likeness (QED) is 0.692. The van der Waals surface area contributed by atoms with E-state index in [-0.39, 0.29) is 24.2 Å². The Morgan fingerprint density at radius 1 is 1.04 bits per heavy atom. The van der Waals surface area contributed by atoms with Crippen molar-refractivity contribution < 1.29 is 9.59 Å². The predicted molar refractivity (Wildman–Crippen MR) is 107 cm³/mol. The van der Waals surface area contributed by atoms with Gasteiger partial charge in [-0.15, -0.1) is 12.4 Å². The van der Waals surface area contributed by atoms with Crippen molar-refractivity contribution in [2.24, 2.45) is 5.73 Å². The van der Waals surface area contributed by atoms with E-state index in [1.165, 1.54) is 0 Å². The summed E-state index contributed by atoms with van der Waals surface area (Å²) >= 11 is 0. The van der Waals surface area contributed by atoms with Crippen molar-refractivity contribution in [2.45, 2.75) is 39.3 Å². The van der Waals surface area contributed by atoms with Gasteiger partial charge in [0.05, 0.1) is 0 Å². The molecule has 0 spiro atoms. The van der Waals surface area contributed by atoms with E-state index < -0.39 is 6.04 Å². The molecule has 26 heavy (non-hydrogen) atoms. The van der Waals surface area contributed by atoms with Crippen LogP contribution < -0.4 is 16.4 Å². The smallest absolute Gasteiger partial charge is 0.241 e. The minimum absolute atomic E-state index is 0. The number of nitrogens with one attached hydrogen (secondary N) is 2. The number of anilines is 1. The molecular weight excluding hydrogens is 350 g/mol. The summed E-state index contributed by atoms with van der Waals surface area (Å²) in [4.78, 5) is 23.8. The molecule has 1 atom stereocenters. The second kappa shape index (κ2) is 10.6. The van der Waals surface area contributed by atoms with Gasteiger partial charge in [-0.2, -0.15) is 0 Å². The number of carbonyl (C=O) groups is 2. The van der Waals surface area contributed by atoms with Gasteiger partial charge in [0.25, 0.3) is 0 Å². The molecule has 1 unspecified atom stereocenters. The monoisotopic (exact) mass is 375 g/mol. The number of carbonyl (C=O) groups excluding carboxylic acids is 2. The van der Waals surface area contributed by atoms with Crippen LogP contribution in [0.15, 0.2) is 48.5 Å². The molecule has 2 amide bonds. The molecule has 2 rings (SSSR count). The first-order valence-electron chi connectivity index (χ1n) is 8.48. The molecule has 0 saturated carbocycles. The molecule has 0 saturated heterocycles. The van der Waals surface area contributed by atoms with Gasteiger partial charge >= 0.3 is 0 Å². The Bertz CT molecular complexity index is 715. The van der Waals surface area contributed by atoms with Crippen LogP contribution in [0.1, 0.15) is 42.5 Å². The lowest BCUT2D eigenvalue weighted by Gasteiger charge is -2.13. The summed E-state index contributed by atoms with van der Waals surface area (Å²) in [5, 5.41) is 5.67. The molecule has 0 fully saturated rings. The lowest BCUT2D eigenvalue weighted by Crippen LogP contribution is -2.33. The Morgan fingerprint density at radius 2 is 1.65 bits per heavy atom. The zero-order valence-corrected chi connectivity index (χ0v) is 15.9. The third-order valence-corrected chi connectivity index (χ3v) is 3.90. The number of rotatable bonds is 7. The SMILES string of the molecule is CCCC(=O)Nc1ccc(CNC(=O)C(N)c2ccc(C)cc2)cc1.Cl. The van der Waals surface area contributed by atoms with E-state index in [1.807, 2.05) is 62.4 Å². The standard InChI is InChI=1S/C20H25N3O2.ClH/c1-3-4-18(24)23-17-11-7-15(8-12-17)13-22-20(25)19(21)16-9-5-14(2)6-10-16;/h5-12,19H,3-4,13,21H2,1-2H3,(H,22,25)(H,23,24);1H. The first-order chi connectivity index (χ1) is 12.0. The average Bonchev–Trinajstić information content (AvgIpc) is 2.61. The van der Waals surface area contributed by atoms with Crippen LogP contribution in [0.3, 0.4) is 0 Å². The van der Waals surface area contributed by atoms with Crippen LogP contribution in [0.5, 0.6) is 0 Å². The number of benzene rings is 2.